The van der Waals surface area contributed by atoms with Crippen molar-refractivity contribution in [2.24, 2.45) is 11.7 Å². The molecule has 8 heteroatoms. The van der Waals surface area contributed by atoms with E-state index >= 15 is 0 Å². The van der Waals surface area contributed by atoms with Crippen LogP contribution in [0.4, 0.5) is 0 Å². The second-order valence-corrected chi connectivity index (χ2v) is 6.51. The molecule has 0 radical (unpaired) electrons. The summed E-state index contributed by atoms with van der Waals surface area (Å²) in [5, 5.41) is 3.18. The molecule has 0 aromatic carbocycles. The third kappa shape index (κ3) is 6.15. The van der Waals surface area contributed by atoms with Crippen LogP contribution >= 0.6 is 7.60 Å². The van der Waals surface area contributed by atoms with E-state index in [0.717, 1.165) is 25.9 Å². The van der Waals surface area contributed by atoms with Crippen molar-refractivity contribution in [3.63, 3.8) is 0 Å². The van der Waals surface area contributed by atoms with Crippen LogP contribution in [0.15, 0.2) is 11.6 Å². The Labute approximate surface area is 118 Å². The van der Waals surface area contributed by atoms with Gasteiger partial charge in [0.2, 0.25) is 0 Å². The van der Waals surface area contributed by atoms with Gasteiger partial charge in [0.25, 0.3) is 0 Å². The van der Waals surface area contributed by atoms with Gasteiger partial charge in [-0.3, -0.25) is 9.36 Å². The second kappa shape index (κ2) is 7.90. The first-order chi connectivity index (χ1) is 9.33. The van der Waals surface area contributed by atoms with E-state index in [9.17, 15) is 19.1 Å². The summed E-state index contributed by atoms with van der Waals surface area (Å²) < 4.78 is 16.0. The minimum absolute atomic E-state index is 0.0457. The number of hydrogen-bond acceptors (Lipinski definition) is 5. The predicted molar refractivity (Wildman–Crippen MR) is 75.2 cm³/mol. The van der Waals surface area contributed by atoms with E-state index in [-0.39, 0.29) is 18.7 Å². The average molecular weight is 306 g/mol. The lowest BCUT2D eigenvalue weighted by Gasteiger charge is -2.26. The Morgan fingerprint density at radius 2 is 2.10 bits per heavy atom. The number of nitrogens with two attached hydrogens (primary N) is 1. The molecule has 1 unspecified atom stereocenters. The number of carbonyl (C=O) groups is 1. The van der Waals surface area contributed by atoms with E-state index in [1.54, 1.807) is 6.92 Å². The van der Waals surface area contributed by atoms with Gasteiger partial charge < -0.3 is 25.6 Å². The van der Waals surface area contributed by atoms with Crippen LogP contribution in [0.3, 0.4) is 0 Å². The van der Waals surface area contributed by atoms with Gasteiger partial charge in [0, 0.05) is 0 Å². The Balaban J connectivity index is 2.84. The van der Waals surface area contributed by atoms with Crippen LogP contribution in [0, 0.1) is 5.92 Å². The lowest BCUT2D eigenvalue weighted by molar-refractivity contribution is -0.143. The fraction of sp³-hybridized carbons (Fsp3) is 0.750. The molecular weight excluding hydrogens is 283 g/mol. The maximum atomic E-state index is 11.5. The summed E-state index contributed by atoms with van der Waals surface area (Å²) in [6, 6.07) is -0.980. The summed E-state index contributed by atoms with van der Waals surface area (Å²) in [5.74, 6) is -0.533. The first-order valence-electron chi connectivity index (χ1n) is 6.71. The van der Waals surface area contributed by atoms with Gasteiger partial charge in [0.15, 0.2) is 0 Å². The molecule has 0 aromatic heterocycles. The molecule has 116 valence electrons. The smallest absolute Gasteiger partial charge is 0.329 e. The molecule has 1 rings (SSSR count). The van der Waals surface area contributed by atoms with E-state index in [1.165, 1.54) is 6.08 Å². The molecule has 1 aliphatic rings. The number of piperidine rings is 1. The van der Waals surface area contributed by atoms with Gasteiger partial charge in [-0.1, -0.05) is 11.6 Å². The van der Waals surface area contributed by atoms with Crippen LogP contribution in [0.2, 0.25) is 0 Å². The highest BCUT2D eigenvalue weighted by atomic mass is 31.2. The predicted octanol–water partition coefficient (Wildman–Crippen LogP) is -0.0195. The third-order valence-electron chi connectivity index (χ3n) is 3.20. The minimum atomic E-state index is -4.19. The summed E-state index contributed by atoms with van der Waals surface area (Å²) in [5.41, 5.74) is 6.27. The Kier molecular flexibility index (Phi) is 6.85. The first-order valence-corrected chi connectivity index (χ1v) is 8.51. The quantitative estimate of drug-likeness (QED) is 0.309. The van der Waals surface area contributed by atoms with Crippen molar-refractivity contribution in [2.45, 2.75) is 25.8 Å². The molecule has 1 saturated heterocycles. The van der Waals surface area contributed by atoms with Crippen molar-refractivity contribution < 1.29 is 23.9 Å². The SMILES string of the molecule is CCOC(=O)C(N)C=C(CP(=O)(O)O)C1CCNCC1. The zero-order valence-corrected chi connectivity index (χ0v) is 12.5. The normalized spacial score (nSPS) is 19.7. The largest absolute Gasteiger partial charge is 0.465 e. The molecule has 0 aromatic rings. The lowest BCUT2D eigenvalue weighted by Crippen LogP contribution is -2.33. The number of allylic oxidation sites excluding steroid dienone is 1. The van der Waals surface area contributed by atoms with Crippen molar-refractivity contribution in [2.75, 3.05) is 25.9 Å². The monoisotopic (exact) mass is 306 g/mol. The topological polar surface area (TPSA) is 122 Å². The summed E-state index contributed by atoms with van der Waals surface area (Å²) in [7, 11) is -4.19. The maximum absolute atomic E-state index is 11.5. The van der Waals surface area contributed by atoms with Crippen LogP contribution in [-0.2, 0) is 14.1 Å². The highest BCUT2D eigenvalue weighted by Gasteiger charge is 2.26. The van der Waals surface area contributed by atoms with Gasteiger partial charge in [-0.2, -0.15) is 0 Å². The van der Waals surface area contributed by atoms with Crippen molar-refractivity contribution in [1.82, 2.24) is 5.32 Å². The number of carbonyl (C=O) groups excluding carboxylic acids is 1. The molecule has 0 spiro atoms. The molecule has 0 bridgehead atoms. The summed E-state index contributed by atoms with van der Waals surface area (Å²) in [6.45, 7) is 3.48. The molecule has 1 fully saturated rings. The Morgan fingerprint density at radius 1 is 1.50 bits per heavy atom. The van der Waals surface area contributed by atoms with Gasteiger partial charge in [-0.25, -0.2) is 0 Å². The van der Waals surface area contributed by atoms with Crippen LogP contribution in [0.1, 0.15) is 19.8 Å². The molecule has 1 heterocycles. The molecule has 1 aliphatic heterocycles. The summed E-state index contributed by atoms with van der Waals surface area (Å²) in [4.78, 5) is 29.9. The molecule has 5 N–H and O–H groups in total. The zero-order chi connectivity index (χ0) is 15.2. The number of hydrogen-bond donors (Lipinski definition) is 4. The van der Waals surface area contributed by atoms with E-state index in [1.807, 2.05) is 0 Å². The molecule has 1 atom stereocenters. The Morgan fingerprint density at radius 3 is 2.60 bits per heavy atom. The maximum Gasteiger partial charge on any atom is 0.329 e. The van der Waals surface area contributed by atoms with E-state index < -0.39 is 19.6 Å². The van der Waals surface area contributed by atoms with Crippen molar-refractivity contribution >= 4 is 13.6 Å². The van der Waals surface area contributed by atoms with Gasteiger partial charge in [0.1, 0.15) is 6.04 Å². The van der Waals surface area contributed by atoms with E-state index in [4.69, 9.17) is 10.5 Å². The fourth-order valence-electron chi connectivity index (χ4n) is 2.29. The Bertz CT molecular complexity index is 401. The number of nitrogens with one attached hydrogen (secondary N) is 1. The standard InChI is InChI=1S/C12H23N2O5P/c1-2-19-12(15)11(13)7-10(8-20(16,17)18)9-3-5-14-6-4-9/h7,9,11,14H,2-6,8,13H2,1H3,(H2,16,17,18). The molecular formula is C12H23N2O5P. The Hall–Kier alpha value is -0.720. The third-order valence-corrected chi connectivity index (χ3v) is 3.98. The van der Waals surface area contributed by atoms with E-state index in [0.29, 0.717) is 5.57 Å². The van der Waals surface area contributed by atoms with Gasteiger partial charge in [0.05, 0.1) is 12.8 Å². The van der Waals surface area contributed by atoms with Gasteiger partial charge in [-0.15, -0.1) is 0 Å². The minimum Gasteiger partial charge on any atom is -0.465 e. The molecule has 0 amide bonds. The highest BCUT2D eigenvalue weighted by Crippen LogP contribution is 2.40. The molecule has 0 saturated carbocycles. The molecule has 0 aliphatic carbocycles. The van der Waals surface area contributed by atoms with Crippen LogP contribution in [0.25, 0.3) is 0 Å². The summed E-state index contributed by atoms with van der Waals surface area (Å²) >= 11 is 0. The van der Waals surface area contributed by atoms with Crippen LogP contribution in [0.5, 0.6) is 0 Å². The second-order valence-electron chi connectivity index (χ2n) is 4.87. The van der Waals surface area contributed by atoms with Crippen LogP contribution in [-0.4, -0.2) is 47.7 Å². The number of esters is 1. The van der Waals surface area contributed by atoms with Crippen molar-refractivity contribution in [3.05, 3.63) is 11.6 Å². The van der Waals surface area contributed by atoms with E-state index in [2.05, 4.69) is 5.32 Å². The van der Waals surface area contributed by atoms with Gasteiger partial charge in [-0.05, 0) is 38.8 Å². The summed E-state index contributed by atoms with van der Waals surface area (Å²) in [6.07, 6.45) is 2.65. The zero-order valence-electron chi connectivity index (χ0n) is 11.6. The number of ether oxygens (including phenoxy) is 1. The highest BCUT2D eigenvalue weighted by molar-refractivity contribution is 7.52. The molecule has 7 nitrogen and oxygen atoms in total. The average Bonchev–Trinajstić information content (AvgIpc) is 2.37. The first kappa shape index (κ1) is 17.3. The van der Waals surface area contributed by atoms with Crippen molar-refractivity contribution in [1.29, 1.82) is 0 Å². The lowest BCUT2D eigenvalue weighted by atomic mass is 9.89. The number of rotatable bonds is 6. The van der Waals surface area contributed by atoms with Crippen molar-refractivity contribution in [3.8, 4) is 0 Å². The fourth-order valence-corrected chi connectivity index (χ4v) is 3.12. The molecule has 20 heavy (non-hydrogen) atoms. The van der Waals surface area contributed by atoms with Crippen LogP contribution < -0.4 is 11.1 Å². The van der Waals surface area contributed by atoms with Gasteiger partial charge >= 0.3 is 13.6 Å².